The Kier molecular flexibility index (Phi) is 5.08. The number of carbonyl (C=O) groups is 2. The highest BCUT2D eigenvalue weighted by atomic mass is 16.5. The molecule has 7 heteroatoms. The molecule has 120 valence electrons. The number of hydrogen-bond donors (Lipinski definition) is 1. The van der Waals surface area contributed by atoms with E-state index >= 15 is 0 Å². The van der Waals surface area contributed by atoms with Gasteiger partial charge < -0.3 is 24.4 Å². The number of alkyl carbamates (subject to hydrolysis) is 1. The van der Waals surface area contributed by atoms with E-state index in [1.54, 1.807) is 19.1 Å². The molecule has 0 aliphatic carbocycles. The first kappa shape index (κ1) is 15.9. The van der Waals surface area contributed by atoms with Gasteiger partial charge in [0, 0.05) is 13.1 Å². The van der Waals surface area contributed by atoms with Gasteiger partial charge in [0.05, 0.1) is 21.3 Å². The standard InChI is InChI=1S/C15H20N2O5/c1-20-12-6-10-4-5-17(9-11(10)7-13(12)21-2)14(18)8-16-15(19)22-3/h6-7H,4-5,8-9H2,1-3H3,(H,16,19). The van der Waals surface area contributed by atoms with Crippen molar-refractivity contribution in [2.75, 3.05) is 34.4 Å². The van der Waals surface area contributed by atoms with Crippen molar-refractivity contribution in [3.63, 3.8) is 0 Å². The molecule has 1 aliphatic rings. The van der Waals surface area contributed by atoms with Crippen LogP contribution < -0.4 is 14.8 Å². The van der Waals surface area contributed by atoms with E-state index < -0.39 is 6.09 Å². The molecule has 0 aromatic heterocycles. The average Bonchev–Trinajstić information content (AvgIpc) is 2.57. The number of nitrogens with zero attached hydrogens (tertiary/aromatic N) is 1. The monoisotopic (exact) mass is 308 g/mol. The van der Waals surface area contributed by atoms with Gasteiger partial charge in [-0.1, -0.05) is 0 Å². The van der Waals surface area contributed by atoms with Crippen molar-refractivity contribution in [1.82, 2.24) is 10.2 Å². The van der Waals surface area contributed by atoms with Gasteiger partial charge in [-0.15, -0.1) is 0 Å². The largest absolute Gasteiger partial charge is 0.493 e. The average molecular weight is 308 g/mol. The molecule has 2 amide bonds. The Morgan fingerprint density at radius 1 is 1.14 bits per heavy atom. The summed E-state index contributed by atoms with van der Waals surface area (Å²) >= 11 is 0. The first-order valence-corrected chi connectivity index (χ1v) is 6.92. The summed E-state index contributed by atoms with van der Waals surface area (Å²) in [7, 11) is 4.44. The van der Waals surface area contributed by atoms with Crippen LogP contribution in [0.5, 0.6) is 11.5 Å². The number of carbonyl (C=O) groups excluding carboxylic acids is 2. The highest BCUT2D eigenvalue weighted by molar-refractivity contribution is 5.82. The van der Waals surface area contributed by atoms with Gasteiger partial charge in [0.15, 0.2) is 11.5 Å². The van der Waals surface area contributed by atoms with E-state index in [4.69, 9.17) is 9.47 Å². The molecule has 0 unspecified atom stereocenters. The fraction of sp³-hybridized carbons (Fsp3) is 0.467. The molecule has 1 heterocycles. The van der Waals surface area contributed by atoms with Crippen molar-refractivity contribution < 1.29 is 23.8 Å². The molecule has 0 saturated heterocycles. The van der Waals surface area contributed by atoms with E-state index in [-0.39, 0.29) is 12.5 Å². The van der Waals surface area contributed by atoms with E-state index in [1.165, 1.54) is 7.11 Å². The van der Waals surface area contributed by atoms with Crippen molar-refractivity contribution in [3.05, 3.63) is 23.3 Å². The van der Waals surface area contributed by atoms with Crippen molar-refractivity contribution in [1.29, 1.82) is 0 Å². The van der Waals surface area contributed by atoms with Gasteiger partial charge in [-0.25, -0.2) is 4.79 Å². The van der Waals surface area contributed by atoms with Crippen LogP contribution in [0.1, 0.15) is 11.1 Å². The third-order valence-electron chi connectivity index (χ3n) is 3.64. The number of fused-ring (bicyclic) bond motifs is 1. The lowest BCUT2D eigenvalue weighted by Gasteiger charge is -2.29. The topological polar surface area (TPSA) is 77.1 Å². The van der Waals surface area contributed by atoms with Crippen molar-refractivity contribution in [2.45, 2.75) is 13.0 Å². The third-order valence-corrected chi connectivity index (χ3v) is 3.64. The normalized spacial score (nSPS) is 13.1. The zero-order chi connectivity index (χ0) is 16.1. The molecule has 7 nitrogen and oxygen atoms in total. The number of methoxy groups -OCH3 is 3. The summed E-state index contributed by atoms with van der Waals surface area (Å²) in [4.78, 5) is 24.8. The van der Waals surface area contributed by atoms with E-state index in [9.17, 15) is 9.59 Å². The van der Waals surface area contributed by atoms with Gasteiger partial charge >= 0.3 is 6.09 Å². The van der Waals surface area contributed by atoms with Crippen LogP contribution in [-0.2, 0) is 22.5 Å². The molecule has 1 aliphatic heterocycles. The second-order valence-electron chi connectivity index (χ2n) is 4.89. The number of nitrogens with one attached hydrogen (secondary N) is 1. The lowest BCUT2D eigenvalue weighted by Crippen LogP contribution is -2.42. The number of rotatable bonds is 4. The van der Waals surface area contributed by atoms with Crippen LogP contribution in [0.2, 0.25) is 0 Å². The summed E-state index contributed by atoms with van der Waals surface area (Å²) in [5.41, 5.74) is 2.16. The van der Waals surface area contributed by atoms with E-state index in [1.807, 2.05) is 12.1 Å². The number of benzene rings is 1. The van der Waals surface area contributed by atoms with Gasteiger partial charge in [0.25, 0.3) is 0 Å². The second kappa shape index (κ2) is 7.02. The molecular weight excluding hydrogens is 288 g/mol. The Balaban J connectivity index is 2.07. The highest BCUT2D eigenvalue weighted by Gasteiger charge is 2.23. The second-order valence-corrected chi connectivity index (χ2v) is 4.89. The zero-order valence-electron chi connectivity index (χ0n) is 13.0. The summed E-state index contributed by atoms with van der Waals surface area (Å²) in [5, 5.41) is 2.40. The molecule has 1 aromatic rings. The summed E-state index contributed by atoms with van der Waals surface area (Å²) in [6.45, 7) is 1.01. The number of amides is 2. The van der Waals surface area contributed by atoms with Crippen molar-refractivity contribution in [3.8, 4) is 11.5 Å². The van der Waals surface area contributed by atoms with Crippen LogP contribution in [0.15, 0.2) is 12.1 Å². The maximum Gasteiger partial charge on any atom is 0.407 e. The summed E-state index contributed by atoms with van der Waals surface area (Å²) < 4.78 is 15.0. The predicted octanol–water partition coefficient (Wildman–Crippen LogP) is 0.944. The van der Waals surface area contributed by atoms with Gasteiger partial charge in [-0.3, -0.25) is 4.79 Å². The van der Waals surface area contributed by atoms with Crippen LogP contribution in [0, 0.1) is 0 Å². The number of ether oxygens (including phenoxy) is 3. The first-order chi connectivity index (χ1) is 10.6. The fourth-order valence-electron chi connectivity index (χ4n) is 2.43. The third kappa shape index (κ3) is 3.41. The molecule has 0 bridgehead atoms. The highest BCUT2D eigenvalue weighted by Crippen LogP contribution is 2.33. The SMILES string of the molecule is COC(=O)NCC(=O)N1CCc2cc(OC)c(OC)cc2C1. The van der Waals surface area contributed by atoms with E-state index in [0.717, 1.165) is 17.5 Å². The predicted molar refractivity (Wildman–Crippen MR) is 79.1 cm³/mol. The van der Waals surface area contributed by atoms with Gasteiger partial charge in [-0.2, -0.15) is 0 Å². The van der Waals surface area contributed by atoms with E-state index in [2.05, 4.69) is 10.1 Å². The Bertz CT molecular complexity index is 573. The minimum absolute atomic E-state index is 0.0741. The summed E-state index contributed by atoms with van der Waals surface area (Å²) in [5.74, 6) is 1.18. The smallest absolute Gasteiger partial charge is 0.407 e. The Morgan fingerprint density at radius 3 is 2.36 bits per heavy atom. The lowest BCUT2D eigenvalue weighted by molar-refractivity contribution is -0.131. The molecule has 1 N–H and O–H groups in total. The van der Waals surface area contributed by atoms with Crippen LogP contribution in [0.3, 0.4) is 0 Å². The maximum atomic E-state index is 12.1. The molecule has 2 rings (SSSR count). The molecule has 0 atom stereocenters. The Labute approximate surface area is 129 Å². The Morgan fingerprint density at radius 2 is 1.77 bits per heavy atom. The maximum absolute atomic E-state index is 12.1. The number of hydrogen-bond acceptors (Lipinski definition) is 5. The van der Waals surface area contributed by atoms with Crippen molar-refractivity contribution in [2.24, 2.45) is 0 Å². The Hall–Kier alpha value is -2.44. The quantitative estimate of drug-likeness (QED) is 0.896. The lowest BCUT2D eigenvalue weighted by atomic mass is 9.98. The first-order valence-electron chi connectivity index (χ1n) is 6.92. The molecule has 0 radical (unpaired) electrons. The minimum atomic E-state index is -0.614. The molecule has 1 aromatic carbocycles. The van der Waals surface area contributed by atoms with Gasteiger partial charge in [0.2, 0.25) is 5.91 Å². The van der Waals surface area contributed by atoms with Gasteiger partial charge in [-0.05, 0) is 29.7 Å². The molecule has 0 fully saturated rings. The minimum Gasteiger partial charge on any atom is -0.493 e. The summed E-state index contributed by atoms with van der Waals surface area (Å²) in [6.07, 6.45) is 0.122. The van der Waals surface area contributed by atoms with Crippen LogP contribution >= 0.6 is 0 Å². The molecule has 0 spiro atoms. The van der Waals surface area contributed by atoms with Crippen LogP contribution in [-0.4, -0.2) is 51.3 Å². The fourth-order valence-corrected chi connectivity index (χ4v) is 2.43. The molecule has 22 heavy (non-hydrogen) atoms. The van der Waals surface area contributed by atoms with Crippen LogP contribution in [0.4, 0.5) is 4.79 Å². The van der Waals surface area contributed by atoms with Crippen molar-refractivity contribution >= 4 is 12.0 Å². The van der Waals surface area contributed by atoms with Gasteiger partial charge in [0.1, 0.15) is 6.54 Å². The van der Waals surface area contributed by atoms with E-state index in [0.29, 0.717) is 24.6 Å². The summed E-state index contributed by atoms with van der Waals surface area (Å²) in [6, 6.07) is 3.84. The molecular formula is C15H20N2O5. The molecule has 0 saturated carbocycles. The zero-order valence-corrected chi connectivity index (χ0v) is 13.0. The van der Waals surface area contributed by atoms with Crippen LogP contribution in [0.25, 0.3) is 0 Å².